The number of aromatic nitrogens is 1. The van der Waals surface area contributed by atoms with Crippen molar-refractivity contribution in [3.8, 4) is 0 Å². The minimum absolute atomic E-state index is 0.457. The van der Waals surface area contributed by atoms with Gasteiger partial charge in [0.25, 0.3) is 0 Å². The molecule has 1 heterocycles. The first-order valence-electron chi connectivity index (χ1n) is 7.74. The van der Waals surface area contributed by atoms with E-state index >= 15 is 0 Å². The number of hydrogen-bond donors (Lipinski definition) is 2. The van der Waals surface area contributed by atoms with Crippen molar-refractivity contribution in [2.24, 2.45) is 11.7 Å². The fourth-order valence-electron chi connectivity index (χ4n) is 3.47. The summed E-state index contributed by atoms with van der Waals surface area (Å²) < 4.78 is 0. The monoisotopic (exact) mass is 289 g/mol. The van der Waals surface area contributed by atoms with Gasteiger partial charge in [-0.2, -0.15) is 0 Å². The van der Waals surface area contributed by atoms with Gasteiger partial charge in [-0.15, -0.1) is 0 Å². The molecule has 3 nitrogen and oxygen atoms in total. The fourth-order valence-corrected chi connectivity index (χ4v) is 3.62. The van der Waals surface area contributed by atoms with Gasteiger partial charge in [0, 0.05) is 11.7 Å². The molecule has 3 rings (SSSR count). The summed E-state index contributed by atoms with van der Waals surface area (Å²) in [7, 11) is 0. The number of nitrogens with two attached hydrogens (primary N) is 1. The third-order valence-electron chi connectivity index (χ3n) is 4.75. The Morgan fingerprint density at radius 1 is 1.30 bits per heavy atom. The van der Waals surface area contributed by atoms with Gasteiger partial charge in [-0.3, -0.25) is 0 Å². The summed E-state index contributed by atoms with van der Waals surface area (Å²) in [5, 5.41) is 3.61. The SMILES string of the molecule is CC1CCCC1Nc1nc2c(cc1C(N)=S)CCCC2. The molecule has 3 N–H and O–H groups in total. The molecule has 2 aliphatic rings. The maximum Gasteiger partial charge on any atom is 0.136 e. The molecule has 0 saturated heterocycles. The summed E-state index contributed by atoms with van der Waals surface area (Å²) in [5.41, 5.74) is 9.42. The number of thiocarbonyl (C=S) groups is 1. The molecule has 0 radical (unpaired) electrons. The van der Waals surface area contributed by atoms with Crippen LogP contribution in [0.4, 0.5) is 5.82 Å². The molecular formula is C16H23N3S. The van der Waals surface area contributed by atoms with Crippen molar-refractivity contribution in [3.63, 3.8) is 0 Å². The Morgan fingerprint density at radius 2 is 2.10 bits per heavy atom. The maximum absolute atomic E-state index is 5.91. The summed E-state index contributed by atoms with van der Waals surface area (Å²) in [6, 6.07) is 2.68. The number of pyridine rings is 1. The minimum Gasteiger partial charge on any atom is -0.389 e. The summed E-state index contributed by atoms with van der Waals surface area (Å²) in [6.07, 6.45) is 8.50. The van der Waals surface area contributed by atoms with E-state index in [0.29, 0.717) is 16.9 Å². The Labute approximate surface area is 126 Å². The summed E-state index contributed by atoms with van der Waals surface area (Å²) in [6.45, 7) is 2.31. The summed E-state index contributed by atoms with van der Waals surface area (Å²) in [4.78, 5) is 5.31. The third-order valence-corrected chi connectivity index (χ3v) is 4.97. The van der Waals surface area contributed by atoms with E-state index in [1.165, 1.54) is 43.4 Å². The normalized spacial score (nSPS) is 25.2. The number of nitrogens with zero attached hydrogens (tertiary/aromatic N) is 1. The Balaban J connectivity index is 1.93. The lowest BCUT2D eigenvalue weighted by molar-refractivity contribution is 0.554. The van der Waals surface area contributed by atoms with Crippen molar-refractivity contribution >= 4 is 23.0 Å². The standard InChI is InChI=1S/C16H23N3S/c1-10-5-4-8-13(10)18-16-12(15(17)20)9-11-6-2-3-7-14(11)19-16/h9-10,13H,2-8H2,1H3,(H2,17,20)(H,18,19). The molecule has 1 aromatic heterocycles. The van der Waals surface area contributed by atoms with Crippen molar-refractivity contribution in [1.82, 2.24) is 4.98 Å². The molecule has 2 unspecified atom stereocenters. The topological polar surface area (TPSA) is 50.9 Å². The van der Waals surface area contributed by atoms with Crippen LogP contribution in [-0.4, -0.2) is 16.0 Å². The lowest BCUT2D eigenvalue weighted by Crippen LogP contribution is -2.26. The van der Waals surface area contributed by atoms with Gasteiger partial charge in [0.2, 0.25) is 0 Å². The second-order valence-electron chi connectivity index (χ2n) is 6.22. The molecule has 0 aliphatic heterocycles. The van der Waals surface area contributed by atoms with Crippen molar-refractivity contribution in [3.05, 3.63) is 22.9 Å². The van der Waals surface area contributed by atoms with Gasteiger partial charge < -0.3 is 11.1 Å². The smallest absolute Gasteiger partial charge is 0.136 e. The third kappa shape index (κ3) is 2.66. The highest BCUT2D eigenvalue weighted by Gasteiger charge is 2.25. The first-order chi connectivity index (χ1) is 9.65. The van der Waals surface area contributed by atoms with Crippen LogP contribution < -0.4 is 11.1 Å². The van der Waals surface area contributed by atoms with E-state index in [4.69, 9.17) is 22.9 Å². The maximum atomic E-state index is 5.91. The molecule has 0 amide bonds. The Kier molecular flexibility index (Phi) is 3.92. The van der Waals surface area contributed by atoms with Gasteiger partial charge in [-0.25, -0.2) is 4.98 Å². The summed E-state index contributed by atoms with van der Waals surface area (Å²) in [5.74, 6) is 1.61. The molecule has 0 spiro atoms. The van der Waals surface area contributed by atoms with E-state index in [-0.39, 0.29) is 0 Å². The van der Waals surface area contributed by atoms with Crippen LogP contribution in [0.2, 0.25) is 0 Å². The quantitative estimate of drug-likeness (QED) is 0.839. The van der Waals surface area contributed by atoms with Crippen LogP contribution in [0, 0.1) is 5.92 Å². The van der Waals surface area contributed by atoms with Crippen LogP contribution in [0.3, 0.4) is 0 Å². The second-order valence-corrected chi connectivity index (χ2v) is 6.66. The lowest BCUT2D eigenvalue weighted by Gasteiger charge is -2.23. The van der Waals surface area contributed by atoms with Gasteiger partial charge in [-0.1, -0.05) is 25.6 Å². The molecule has 1 saturated carbocycles. The minimum atomic E-state index is 0.457. The zero-order valence-electron chi connectivity index (χ0n) is 12.1. The van der Waals surface area contributed by atoms with E-state index < -0.39 is 0 Å². The van der Waals surface area contributed by atoms with E-state index in [9.17, 15) is 0 Å². The lowest BCUT2D eigenvalue weighted by atomic mass is 9.94. The number of hydrogen-bond acceptors (Lipinski definition) is 3. The highest BCUT2D eigenvalue weighted by Crippen LogP contribution is 2.30. The predicted octanol–water partition coefficient (Wildman–Crippen LogP) is 3.20. The zero-order chi connectivity index (χ0) is 14.1. The number of rotatable bonds is 3. The van der Waals surface area contributed by atoms with Crippen molar-refractivity contribution in [2.75, 3.05) is 5.32 Å². The highest BCUT2D eigenvalue weighted by atomic mass is 32.1. The fraction of sp³-hybridized carbons (Fsp3) is 0.625. The Hall–Kier alpha value is -1.16. The molecule has 2 aliphatic carbocycles. The molecule has 1 aromatic rings. The van der Waals surface area contributed by atoms with Crippen LogP contribution in [0.25, 0.3) is 0 Å². The van der Waals surface area contributed by atoms with Gasteiger partial charge in [0.05, 0.1) is 5.56 Å². The van der Waals surface area contributed by atoms with E-state index in [1.807, 2.05) is 0 Å². The number of aryl methyl sites for hydroxylation is 2. The molecular weight excluding hydrogens is 266 g/mol. The zero-order valence-corrected chi connectivity index (χ0v) is 12.9. The van der Waals surface area contributed by atoms with Crippen LogP contribution in [0.15, 0.2) is 6.07 Å². The highest BCUT2D eigenvalue weighted by molar-refractivity contribution is 7.80. The predicted molar refractivity (Wildman–Crippen MR) is 87.2 cm³/mol. The number of anilines is 1. The second kappa shape index (κ2) is 5.68. The molecule has 4 heteroatoms. The number of nitrogens with one attached hydrogen (secondary N) is 1. The summed E-state index contributed by atoms with van der Waals surface area (Å²) >= 11 is 5.22. The van der Waals surface area contributed by atoms with Crippen LogP contribution in [0.5, 0.6) is 0 Å². The van der Waals surface area contributed by atoms with Crippen LogP contribution >= 0.6 is 12.2 Å². The Morgan fingerprint density at radius 3 is 2.80 bits per heavy atom. The van der Waals surface area contributed by atoms with Crippen molar-refractivity contribution in [1.29, 1.82) is 0 Å². The Bertz CT molecular complexity index is 527. The van der Waals surface area contributed by atoms with E-state index in [2.05, 4.69) is 18.3 Å². The van der Waals surface area contributed by atoms with Gasteiger partial charge in [-0.05, 0) is 56.1 Å². The van der Waals surface area contributed by atoms with E-state index in [0.717, 1.165) is 24.2 Å². The number of fused-ring (bicyclic) bond motifs is 1. The molecule has 2 atom stereocenters. The van der Waals surface area contributed by atoms with Crippen LogP contribution in [0.1, 0.15) is 55.8 Å². The first kappa shape index (κ1) is 13.8. The molecule has 20 heavy (non-hydrogen) atoms. The molecule has 108 valence electrons. The van der Waals surface area contributed by atoms with Crippen molar-refractivity contribution < 1.29 is 0 Å². The first-order valence-corrected chi connectivity index (χ1v) is 8.15. The van der Waals surface area contributed by atoms with Crippen molar-refractivity contribution in [2.45, 2.75) is 57.9 Å². The largest absolute Gasteiger partial charge is 0.389 e. The average Bonchev–Trinajstić information content (AvgIpc) is 2.83. The van der Waals surface area contributed by atoms with Gasteiger partial charge >= 0.3 is 0 Å². The average molecular weight is 289 g/mol. The molecule has 0 aromatic carbocycles. The molecule has 1 fully saturated rings. The van der Waals surface area contributed by atoms with Crippen LogP contribution in [-0.2, 0) is 12.8 Å². The van der Waals surface area contributed by atoms with Gasteiger partial charge in [0.15, 0.2) is 0 Å². The van der Waals surface area contributed by atoms with E-state index in [1.54, 1.807) is 0 Å². The molecule has 0 bridgehead atoms. The van der Waals surface area contributed by atoms with Gasteiger partial charge in [0.1, 0.15) is 10.8 Å².